The molecule has 9 heteroatoms. The number of hydrogen-bond donors (Lipinski definition) is 1. The highest BCUT2D eigenvalue weighted by Crippen LogP contribution is 2.35. The Bertz CT molecular complexity index is 948. The Kier molecular flexibility index (Phi) is 7.05. The highest BCUT2D eigenvalue weighted by atomic mass is 32.2. The summed E-state index contributed by atoms with van der Waals surface area (Å²) in [6.45, 7) is 2.91. The second-order valence-corrected chi connectivity index (χ2v) is 11.2. The second kappa shape index (κ2) is 9.79. The molecule has 2 aliphatic heterocycles. The summed E-state index contributed by atoms with van der Waals surface area (Å²) in [5.41, 5.74) is 0.338. The number of anilines is 1. The van der Waals surface area contributed by atoms with Crippen molar-refractivity contribution >= 4 is 27.5 Å². The molecule has 8 nitrogen and oxygen atoms in total. The third-order valence-electron chi connectivity index (χ3n) is 6.76. The molecular weight excluding hydrogens is 430 g/mol. The molecule has 1 aromatic carbocycles. The number of nitrogens with one attached hydrogen (secondary N) is 1. The van der Waals surface area contributed by atoms with Crippen LogP contribution >= 0.6 is 0 Å². The van der Waals surface area contributed by atoms with E-state index in [9.17, 15) is 18.0 Å². The lowest BCUT2D eigenvalue weighted by atomic mass is 9.87. The van der Waals surface area contributed by atoms with Gasteiger partial charge in [0.25, 0.3) is 5.91 Å². The highest BCUT2D eigenvalue weighted by Gasteiger charge is 2.32. The Morgan fingerprint density at radius 2 is 1.78 bits per heavy atom. The summed E-state index contributed by atoms with van der Waals surface area (Å²) in [5.74, 6) is 0.514. The fourth-order valence-electron chi connectivity index (χ4n) is 4.77. The number of rotatable bonds is 5. The fraction of sp³-hybridized carbons (Fsp3) is 0.652. The number of nitrogens with zero attached hydrogens (tertiary/aromatic N) is 2. The number of fused-ring (bicyclic) bond motifs is 1. The summed E-state index contributed by atoms with van der Waals surface area (Å²) in [6.07, 6.45) is 7.81. The Morgan fingerprint density at radius 1 is 1.09 bits per heavy atom. The van der Waals surface area contributed by atoms with Crippen molar-refractivity contribution < 1.29 is 22.7 Å². The van der Waals surface area contributed by atoms with Gasteiger partial charge in [-0.15, -0.1) is 0 Å². The molecule has 2 fully saturated rings. The molecular formula is C23H33N3O5S. The van der Waals surface area contributed by atoms with Gasteiger partial charge in [-0.2, -0.15) is 4.31 Å². The van der Waals surface area contributed by atoms with E-state index in [-0.39, 0.29) is 35.9 Å². The minimum Gasteiger partial charge on any atom is -0.482 e. The molecule has 176 valence electrons. The SMILES string of the molecule is CC1CCC(NC(=O)CN2C(=O)COc3ccc(S(=O)(=O)N4CCCCCC4)cc32)CC1. The monoisotopic (exact) mass is 463 g/mol. The van der Waals surface area contributed by atoms with Gasteiger partial charge in [-0.1, -0.05) is 19.8 Å². The molecule has 1 aliphatic carbocycles. The normalized spacial score (nSPS) is 24.9. The van der Waals surface area contributed by atoms with E-state index in [1.165, 1.54) is 21.3 Å². The van der Waals surface area contributed by atoms with Crippen molar-refractivity contribution in [1.82, 2.24) is 9.62 Å². The first kappa shape index (κ1) is 23.0. The summed E-state index contributed by atoms with van der Waals surface area (Å²) < 4.78 is 33.5. The molecule has 1 N–H and O–H groups in total. The van der Waals surface area contributed by atoms with E-state index in [0.717, 1.165) is 51.4 Å². The summed E-state index contributed by atoms with van der Waals surface area (Å²) >= 11 is 0. The number of benzene rings is 1. The fourth-order valence-corrected chi connectivity index (χ4v) is 6.31. The summed E-state index contributed by atoms with van der Waals surface area (Å²) in [4.78, 5) is 26.8. The van der Waals surface area contributed by atoms with E-state index < -0.39 is 10.0 Å². The van der Waals surface area contributed by atoms with E-state index in [1.807, 2.05) is 0 Å². The maximum absolute atomic E-state index is 13.2. The zero-order valence-electron chi connectivity index (χ0n) is 18.7. The standard InChI is InChI=1S/C23H33N3O5S/c1-17-6-8-18(9-7-17)24-22(27)15-26-20-14-19(10-11-21(20)31-16-23(26)28)32(29,30)25-12-4-2-3-5-13-25/h10-11,14,17-18H,2-9,12-13,15-16H2,1H3,(H,24,27). The van der Waals surface area contributed by atoms with E-state index in [4.69, 9.17) is 4.74 Å². The Balaban J connectivity index is 1.52. The van der Waals surface area contributed by atoms with Gasteiger partial charge in [-0.05, 0) is 62.6 Å². The minimum absolute atomic E-state index is 0.128. The number of carbonyl (C=O) groups excluding carboxylic acids is 2. The van der Waals surface area contributed by atoms with Crippen LogP contribution < -0.4 is 15.0 Å². The Morgan fingerprint density at radius 3 is 2.47 bits per heavy atom. The van der Waals surface area contributed by atoms with Gasteiger partial charge in [0.1, 0.15) is 12.3 Å². The van der Waals surface area contributed by atoms with E-state index >= 15 is 0 Å². The van der Waals surface area contributed by atoms with Crippen molar-refractivity contribution in [3.63, 3.8) is 0 Å². The molecule has 1 saturated heterocycles. The van der Waals surface area contributed by atoms with E-state index in [2.05, 4.69) is 12.2 Å². The minimum atomic E-state index is -3.68. The van der Waals surface area contributed by atoms with Gasteiger partial charge < -0.3 is 10.1 Å². The molecule has 3 aliphatic rings. The quantitative estimate of drug-likeness (QED) is 0.724. The lowest BCUT2D eigenvalue weighted by Crippen LogP contribution is -2.48. The topological polar surface area (TPSA) is 96.0 Å². The maximum Gasteiger partial charge on any atom is 0.265 e. The van der Waals surface area contributed by atoms with Crippen LogP contribution in [0.1, 0.15) is 58.3 Å². The predicted octanol–water partition coefficient (Wildman–Crippen LogP) is 2.67. The Labute approximate surface area is 190 Å². The van der Waals surface area contributed by atoms with Crippen molar-refractivity contribution in [2.75, 3.05) is 31.1 Å². The van der Waals surface area contributed by atoms with Gasteiger partial charge in [-0.25, -0.2) is 8.42 Å². The first-order chi connectivity index (χ1) is 15.3. The third kappa shape index (κ3) is 5.09. The van der Waals surface area contributed by atoms with Crippen LogP contribution in [-0.4, -0.2) is 56.8 Å². The second-order valence-electron chi connectivity index (χ2n) is 9.24. The smallest absolute Gasteiger partial charge is 0.265 e. The number of sulfonamides is 1. The van der Waals surface area contributed by atoms with Crippen LogP contribution in [0, 0.1) is 5.92 Å². The lowest BCUT2D eigenvalue weighted by Gasteiger charge is -2.31. The third-order valence-corrected chi connectivity index (χ3v) is 8.65. The first-order valence-corrected chi connectivity index (χ1v) is 13.2. The Hall–Kier alpha value is -2.13. The van der Waals surface area contributed by atoms with Crippen LogP contribution in [0.4, 0.5) is 5.69 Å². The molecule has 0 spiro atoms. The van der Waals surface area contributed by atoms with Crippen molar-refractivity contribution in [2.24, 2.45) is 5.92 Å². The van der Waals surface area contributed by atoms with Crippen molar-refractivity contribution in [3.8, 4) is 5.75 Å². The predicted molar refractivity (Wildman–Crippen MR) is 121 cm³/mol. The van der Waals surface area contributed by atoms with E-state index in [1.54, 1.807) is 6.07 Å². The molecule has 0 aromatic heterocycles. The molecule has 2 heterocycles. The summed E-state index contributed by atoms with van der Waals surface area (Å²) in [7, 11) is -3.68. The molecule has 1 saturated carbocycles. The van der Waals surface area contributed by atoms with E-state index in [0.29, 0.717) is 30.4 Å². The van der Waals surface area contributed by atoms with Crippen LogP contribution in [-0.2, 0) is 19.6 Å². The molecule has 0 atom stereocenters. The van der Waals surface area contributed by atoms with Gasteiger partial charge in [0.15, 0.2) is 6.61 Å². The number of hydrogen-bond acceptors (Lipinski definition) is 5. The summed E-state index contributed by atoms with van der Waals surface area (Å²) in [6, 6.07) is 4.71. The zero-order chi connectivity index (χ0) is 22.7. The van der Waals surface area contributed by atoms with Crippen LogP contribution in [0.5, 0.6) is 5.75 Å². The largest absolute Gasteiger partial charge is 0.482 e. The molecule has 4 rings (SSSR count). The van der Waals surface area contributed by atoms with Crippen LogP contribution in [0.15, 0.2) is 23.1 Å². The van der Waals surface area contributed by atoms with Crippen molar-refractivity contribution in [1.29, 1.82) is 0 Å². The molecule has 2 amide bonds. The number of ether oxygens (including phenoxy) is 1. The van der Waals surface area contributed by atoms with Crippen LogP contribution in [0.2, 0.25) is 0 Å². The van der Waals surface area contributed by atoms with Gasteiger partial charge in [0.2, 0.25) is 15.9 Å². The maximum atomic E-state index is 13.2. The highest BCUT2D eigenvalue weighted by molar-refractivity contribution is 7.89. The molecule has 0 bridgehead atoms. The number of amides is 2. The van der Waals surface area contributed by atoms with Gasteiger partial charge in [0.05, 0.1) is 10.6 Å². The van der Waals surface area contributed by atoms with Gasteiger partial charge in [-0.3, -0.25) is 14.5 Å². The number of carbonyl (C=O) groups is 2. The average molecular weight is 464 g/mol. The van der Waals surface area contributed by atoms with Crippen molar-refractivity contribution in [2.45, 2.75) is 69.2 Å². The molecule has 0 unspecified atom stereocenters. The average Bonchev–Trinajstić information content (AvgIpc) is 3.07. The lowest BCUT2D eigenvalue weighted by molar-refractivity contribution is -0.125. The van der Waals surface area contributed by atoms with Gasteiger partial charge >= 0.3 is 0 Å². The van der Waals surface area contributed by atoms with Gasteiger partial charge in [0, 0.05) is 19.1 Å². The summed E-state index contributed by atoms with van der Waals surface area (Å²) in [5, 5.41) is 3.04. The van der Waals surface area contributed by atoms with Crippen molar-refractivity contribution in [3.05, 3.63) is 18.2 Å². The van der Waals surface area contributed by atoms with Crippen LogP contribution in [0.3, 0.4) is 0 Å². The first-order valence-electron chi connectivity index (χ1n) is 11.7. The van der Waals surface area contributed by atoms with Crippen LogP contribution in [0.25, 0.3) is 0 Å². The molecule has 32 heavy (non-hydrogen) atoms. The molecule has 0 radical (unpaired) electrons. The molecule has 1 aromatic rings. The zero-order valence-corrected chi connectivity index (χ0v) is 19.5.